The van der Waals surface area contributed by atoms with Crippen molar-refractivity contribution in [3.05, 3.63) is 23.2 Å². The molecule has 1 aromatic rings. The maximum absolute atomic E-state index is 12.4. The zero-order chi connectivity index (χ0) is 14.8. The van der Waals surface area contributed by atoms with E-state index < -0.39 is 10.2 Å². The normalized spacial score (nSPS) is 20.6. The first-order chi connectivity index (χ1) is 9.42. The minimum absolute atomic E-state index is 0.337. The first-order valence-electron chi connectivity index (χ1n) is 6.54. The fourth-order valence-corrected chi connectivity index (χ4v) is 3.89. The number of nitrogens with zero attached hydrogens (tertiary/aromatic N) is 1. The van der Waals surface area contributed by atoms with Gasteiger partial charge in [0.15, 0.2) is 0 Å². The molecule has 1 atom stereocenters. The number of methoxy groups -OCH3 is 1. The highest BCUT2D eigenvalue weighted by Crippen LogP contribution is 2.29. The molecule has 1 saturated heterocycles. The van der Waals surface area contributed by atoms with Crippen LogP contribution >= 0.6 is 11.6 Å². The summed E-state index contributed by atoms with van der Waals surface area (Å²) < 4.78 is 33.8. The molecule has 1 aliphatic heterocycles. The number of hydrogen-bond donors (Lipinski definition) is 1. The Kier molecular flexibility index (Phi) is 4.78. The lowest BCUT2D eigenvalue weighted by Gasteiger charge is -2.30. The second-order valence-electron chi connectivity index (χ2n) is 5.06. The van der Waals surface area contributed by atoms with E-state index in [1.54, 1.807) is 18.2 Å². The standard InChI is InChI=1S/C13H19ClN2O3S/c1-10-4-3-7-16(9-10)20(17,18)15-13-8-11(19-2)5-6-12(13)14/h5-6,8,10,15H,3-4,7,9H2,1-2H3. The summed E-state index contributed by atoms with van der Waals surface area (Å²) in [6.45, 7) is 3.14. The highest BCUT2D eigenvalue weighted by molar-refractivity contribution is 7.90. The summed E-state index contributed by atoms with van der Waals surface area (Å²) in [7, 11) is -2.05. The molecule has 1 fully saturated rings. The molecule has 1 unspecified atom stereocenters. The van der Waals surface area contributed by atoms with Crippen molar-refractivity contribution in [2.45, 2.75) is 19.8 Å². The molecule has 1 heterocycles. The molecule has 0 radical (unpaired) electrons. The Hall–Kier alpha value is -0.980. The first-order valence-corrected chi connectivity index (χ1v) is 8.35. The summed E-state index contributed by atoms with van der Waals surface area (Å²) in [6, 6.07) is 4.87. The molecule has 1 aliphatic rings. The molecule has 1 N–H and O–H groups in total. The smallest absolute Gasteiger partial charge is 0.301 e. The highest BCUT2D eigenvalue weighted by Gasteiger charge is 2.27. The Morgan fingerprint density at radius 3 is 2.85 bits per heavy atom. The fraction of sp³-hybridized carbons (Fsp3) is 0.538. The fourth-order valence-electron chi connectivity index (χ4n) is 2.28. The van der Waals surface area contributed by atoms with Crippen LogP contribution in [0.2, 0.25) is 5.02 Å². The molecule has 0 bridgehead atoms. The molecule has 0 aliphatic carbocycles. The molecule has 20 heavy (non-hydrogen) atoms. The van der Waals surface area contributed by atoms with Crippen LogP contribution in [0.1, 0.15) is 19.8 Å². The van der Waals surface area contributed by atoms with Gasteiger partial charge in [-0.15, -0.1) is 0 Å². The highest BCUT2D eigenvalue weighted by atomic mass is 35.5. The van der Waals surface area contributed by atoms with Crippen molar-refractivity contribution < 1.29 is 13.2 Å². The molecule has 112 valence electrons. The summed E-state index contributed by atoms with van der Waals surface area (Å²) in [5.74, 6) is 0.931. The molecule has 0 spiro atoms. The van der Waals surface area contributed by atoms with Crippen LogP contribution in [0.5, 0.6) is 5.75 Å². The van der Waals surface area contributed by atoms with E-state index in [2.05, 4.69) is 11.6 Å². The predicted molar refractivity (Wildman–Crippen MR) is 80.5 cm³/mol. The summed E-state index contributed by atoms with van der Waals surface area (Å²) in [6.07, 6.45) is 1.94. The summed E-state index contributed by atoms with van der Waals surface area (Å²) >= 11 is 6.03. The lowest BCUT2D eigenvalue weighted by Crippen LogP contribution is -2.42. The SMILES string of the molecule is COc1ccc(Cl)c(NS(=O)(=O)N2CCCC(C)C2)c1. The van der Waals surface area contributed by atoms with Gasteiger partial charge >= 0.3 is 10.2 Å². The zero-order valence-electron chi connectivity index (χ0n) is 11.6. The Bertz CT molecular complexity index is 577. The summed E-state index contributed by atoms with van der Waals surface area (Å²) in [5.41, 5.74) is 0.337. The molecule has 1 aromatic carbocycles. The number of hydrogen-bond acceptors (Lipinski definition) is 3. The van der Waals surface area contributed by atoms with Gasteiger partial charge in [0.1, 0.15) is 5.75 Å². The van der Waals surface area contributed by atoms with Crippen molar-refractivity contribution in [2.24, 2.45) is 5.92 Å². The van der Waals surface area contributed by atoms with Crippen molar-refractivity contribution in [2.75, 3.05) is 24.9 Å². The number of anilines is 1. The van der Waals surface area contributed by atoms with Crippen molar-refractivity contribution in [3.63, 3.8) is 0 Å². The molecule has 0 saturated carbocycles. The van der Waals surface area contributed by atoms with Crippen LogP contribution in [0.25, 0.3) is 0 Å². The molecule has 0 amide bonds. The monoisotopic (exact) mass is 318 g/mol. The Balaban J connectivity index is 2.19. The van der Waals surface area contributed by atoms with Crippen LogP contribution in [0, 0.1) is 5.92 Å². The van der Waals surface area contributed by atoms with Crippen molar-refractivity contribution in [1.82, 2.24) is 4.31 Å². The average Bonchev–Trinajstić information content (AvgIpc) is 2.41. The lowest BCUT2D eigenvalue weighted by atomic mass is 10.0. The van der Waals surface area contributed by atoms with Crippen LogP contribution < -0.4 is 9.46 Å². The third-order valence-corrected chi connectivity index (χ3v) is 5.19. The second kappa shape index (κ2) is 6.20. The van der Waals surface area contributed by atoms with E-state index in [-0.39, 0.29) is 0 Å². The van der Waals surface area contributed by atoms with E-state index >= 15 is 0 Å². The number of piperidine rings is 1. The third kappa shape index (κ3) is 3.56. The van der Waals surface area contributed by atoms with Gasteiger partial charge in [0.2, 0.25) is 0 Å². The molecule has 5 nitrogen and oxygen atoms in total. The minimum Gasteiger partial charge on any atom is -0.497 e. The van der Waals surface area contributed by atoms with Gasteiger partial charge in [-0.05, 0) is 30.9 Å². The largest absolute Gasteiger partial charge is 0.497 e. The molecule has 0 aromatic heterocycles. The summed E-state index contributed by atoms with van der Waals surface area (Å²) in [4.78, 5) is 0. The van der Waals surface area contributed by atoms with Gasteiger partial charge in [0.05, 0.1) is 17.8 Å². The number of nitrogens with one attached hydrogen (secondary N) is 1. The van der Waals surface area contributed by atoms with Gasteiger partial charge in [0, 0.05) is 19.2 Å². The number of benzene rings is 1. The molecule has 7 heteroatoms. The molecule has 2 rings (SSSR count). The van der Waals surface area contributed by atoms with E-state index in [1.807, 2.05) is 0 Å². The van der Waals surface area contributed by atoms with Crippen LogP contribution in [-0.2, 0) is 10.2 Å². The number of ether oxygens (including phenoxy) is 1. The quantitative estimate of drug-likeness (QED) is 0.928. The van der Waals surface area contributed by atoms with E-state index in [1.165, 1.54) is 11.4 Å². The van der Waals surface area contributed by atoms with E-state index in [0.717, 1.165) is 12.8 Å². The predicted octanol–water partition coefficient (Wildman–Crippen LogP) is 2.74. The van der Waals surface area contributed by atoms with Gasteiger partial charge in [0.25, 0.3) is 0 Å². The van der Waals surface area contributed by atoms with Crippen LogP contribution in [0.4, 0.5) is 5.69 Å². The van der Waals surface area contributed by atoms with Gasteiger partial charge < -0.3 is 4.74 Å². The lowest BCUT2D eigenvalue weighted by molar-refractivity contribution is 0.282. The third-order valence-electron chi connectivity index (χ3n) is 3.37. The van der Waals surface area contributed by atoms with E-state index in [4.69, 9.17) is 16.3 Å². The zero-order valence-corrected chi connectivity index (χ0v) is 13.2. The van der Waals surface area contributed by atoms with Crippen molar-refractivity contribution in [3.8, 4) is 5.75 Å². The Labute approximate surface area is 125 Å². The van der Waals surface area contributed by atoms with E-state index in [0.29, 0.717) is 35.5 Å². The van der Waals surface area contributed by atoms with Gasteiger partial charge in [-0.1, -0.05) is 18.5 Å². The van der Waals surface area contributed by atoms with Gasteiger partial charge in [-0.2, -0.15) is 12.7 Å². The topological polar surface area (TPSA) is 58.6 Å². The maximum atomic E-state index is 12.4. The maximum Gasteiger partial charge on any atom is 0.301 e. The van der Waals surface area contributed by atoms with Gasteiger partial charge in [-0.3, -0.25) is 4.72 Å². The van der Waals surface area contributed by atoms with Crippen LogP contribution in [0.3, 0.4) is 0 Å². The number of halogens is 1. The van der Waals surface area contributed by atoms with Crippen LogP contribution in [-0.4, -0.2) is 32.9 Å². The average molecular weight is 319 g/mol. The van der Waals surface area contributed by atoms with Crippen LogP contribution in [0.15, 0.2) is 18.2 Å². The Morgan fingerprint density at radius 1 is 1.45 bits per heavy atom. The van der Waals surface area contributed by atoms with Crippen molar-refractivity contribution >= 4 is 27.5 Å². The molecular weight excluding hydrogens is 300 g/mol. The van der Waals surface area contributed by atoms with Crippen molar-refractivity contribution in [1.29, 1.82) is 0 Å². The second-order valence-corrected chi connectivity index (χ2v) is 7.14. The Morgan fingerprint density at radius 2 is 2.20 bits per heavy atom. The minimum atomic E-state index is -3.57. The van der Waals surface area contributed by atoms with Gasteiger partial charge in [-0.25, -0.2) is 0 Å². The number of rotatable bonds is 4. The van der Waals surface area contributed by atoms with E-state index in [9.17, 15) is 8.42 Å². The molecular formula is C13H19ClN2O3S. The first kappa shape index (κ1) is 15.4. The summed E-state index contributed by atoms with van der Waals surface area (Å²) in [5, 5.41) is 0.347.